The number of carbonyl (C=O) groups excluding carboxylic acids is 1. The number of aromatic nitrogens is 6. The number of benzene rings is 2. The number of hydrogen-bond acceptors (Lipinski definition) is 12. The number of anilines is 2. The summed E-state index contributed by atoms with van der Waals surface area (Å²) in [5.41, 5.74) is 1.59. The van der Waals surface area contributed by atoms with Gasteiger partial charge < -0.3 is 29.7 Å². The molecule has 5 aliphatic rings. The zero-order valence-corrected chi connectivity index (χ0v) is 33.3. The average Bonchev–Trinajstić information content (AvgIpc) is 3.75. The van der Waals surface area contributed by atoms with Crippen LogP contribution in [0.1, 0.15) is 53.7 Å². The summed E-state index contributed by atoms with van der Waals surface area (Å²) in [6.07, 6.45) is -2.17. The van der Waals surface area contributed by atoms with E-state index in [0.29, 0.717) is 66.6 Å². The third kappa shape index (κ3) is 6.50. The molecule has 314 valence electrons. The number of piperidine rings is 1. The van der Waals surface area contributed by atoms with Crippen LogP contribution in [-0.4, -0.2) is 113 Å². The molecule has 15 nitrogen and oxygen atoms in total. The summed E-state index contributed by atoms with van der Waals surface area (Å²) in [5, 5.41) is 29.2. The van der Waals surface area contributed by atoms with E-state index in [4.69, 9.17) is 26.4 Å². The van der Waals surface area contributed by atoms with Crippen molar-refractivity contribution < 1.29 is 32.9 Å². The number of piperazine rings is 1. The highest BCUT2D eigenvalue weighted by atomic mass is 35.5. The molecule has 2 aromatic carbocycles. The number of aromatic hydroxyl groups is 1. The number of halogens is 4. The molecule has 10 rings (SSSR count). The van der Waals surface area contributed by atoms with Crippen molar-refractivity contribution in [3.05, 3.63) is 92.4 Å². The largest absolute Gasteiger partial charge is 0.504 e. The van der Waals surface area contributed by atoms with Crippen LogP contribution in [-0.2, 0) is 34.1 Å². The van der Waals surface area contributed by atoms with Gasteiger partial charge in [-0.05, 0) is 81.0 Å². The lowest BCUT2D eigenvalue weighted by molar-refractivity contribution is -0.137. The minimum Gasteiger partial charge on any atom is -0.504 e. The highest BCUT2D eigenvalue weighted by Gasteiger charge is 2.63. The van der Waals surface area contributed by atoms with Crippen molar-refractivity contribution >= 4 is 34.7 Å². The molecule has 6 heterocycles. The molecule has 3 aromatic heterocycles. The first-order valence-electron chi connectivity index (χ1n) is 20.1. The van der Waals surface area contributed by atoms with E-state index < -0.39 is 29.3 Å². The number of carbonyl (C=O) groups is 1. The van der Waals surface area contributed by atoms with Gasteiger partial charge >= 0.3 is 6.18 Å². The monoisotopic (exact) mass is 846 g/mol. The average molecular weight is 847 g/mol. The maximum Gasteiger partial charge on any atom is 0.416 e. The predicted molar refractivity (Wildman–Crippen MR) is 213 cm³/mol. The Balaban J connectivity index is 0.978. The van der Waals surface area contributed by atoms with Crippen molar-refractivity contribution in [2.45, 2.75) is 69.1 Å². The Kier molecular flexibility index (Phi) is 9.43. The Morgan fingerprint density at radius 3 is 2.53 bits per heavy atom. The van der Waals surface area contributed by atoms with Crippen molar-refractivity contribution in [1.82, 2.24) is 38.9 Å². The van der Waals surface area contributed by atoms with Gasteiger partial charge in [0.15, 0.2) is 17.8 Å². The van der Waals surface area contributed by atoms with Crippen LogP contribution in [0.15, 0.2) is 53.6 Å². The fourth-order valence-corrected chi connectivity index (χ4v) is 10.1. The topological polar surface area (TPSA) is 166 Å². The van der Waals surface area contributed by atoms with E-state index in [1.165, 1.54) is 10.8 Å². The van der Waals surface area contributed by atoms with Crippen molar-refractivity contribution in [2.24, 2.45) is 5.92 Å². The van der Waals surface area contributed by atoms with Gasteiger partial charge in [-0.3, -0.25) is 19.4 Å². The first kappa shape index (κ1) is 39.0. The zero-order valence-electron chi connectivity index (χ0n) is 32.6. The summed E-state index contributed by atoms with van der Waals surface area (Å²) in [5.74, 6) is -0.288. The summed E-state index contributed by atoms with van der Waals surface area (Å²) in [6.45, 7) is 6.97. The number of nitrogens with zero attached hydrogens (tertiary/aromatic N) is 9. The number of aryl methyl sites for hydroxylation is 1. The first-order chi connectivity index (χ1) is 28.8. The molecule has 1 unspecified atom stereocenters. The van der Waals surface area contributed by atoms with Gasteiger partial charge in [0.05, 0.1) is 41.2 Å². The summed E-state index contributed by atoms with van der Waals surface area (Å²) >= 11 is 6.22. The standard InChI is InChI=1S/C41H42ClF3N10O5/c1-22-35(57)34(47-21-46-22)38(59)53-11-10-40(27-17-31(27)53)9-8-30-33(40)37(58)55-39(54(30)18-32(56)48-29-7-4-24(16-28(29)42)41(43,44)45)49-36(50-55)23-2-5-25(6-3-23)51-12-14-52(15-13-51)26-19-60-20-26/h2-7,16,21,26-27,31,38,57,59H,8-15,17-20H2,1H3,(H,48,56)/t27-,31+,38?,40+/m1/s1. The molecular formula is C41H42ClF3N10O5. The maximum absolute atomic E-state index is 14.8. The minimum atomic E-state index is -4.61. The normalized spacial score (nSPS) is 23.7. The van der Waals surface area contributed by atoms with Crippen molar-refractivity contribution in [2.75, 3.05) is 56.2 Å². The Morgan fingerprint density at radius 2 is 1.83 bits per heavy atom. The lowest BCUT2D eigenvalue weighted by atomic mass is 9.73. The molecule has 3 aliphatic heterocycles. The second-order valence-corrected chi connectivity index (χ2v) is 16.9. The Bertz CT molecular complexity index is 2580. The number of aliphatic hydroxyl groups excluding tert-OH is 1. The molecule has 4 atom stereocenters. The van der Waals surface area contributed by atoms with Crippen molar-refractivity contribution in [1.29, 1.82) is 0 Å². The first-order valence-corrected chi connectivity index (χ1v) is 20.5. The van der Waals surface area contributed by atoms with Crippen LogP contribution in [0.4, 0.5) is 24.5 Å². The van der Waals surface area contributed by atoms with Crippen LogP contribution in [0.3, 0.4) is 0 Å². The number of alkyl halides is 3. The van der Waals surface area contributed by atoms with E-state index in [9.17, 15) is 33.0 Å². The minimum absolute atomic E-state index is 0.00920. The fourth-order valence-electron chi connectivity index (χ4n) is 9.92. The molecule has 1 saturated carbocycles. The second kappa shape index (κ2) is 14.5. The van der Waals surface area contributed by atoms with E-state index in [0.717, 1.165) is 63.3 Å². The SMILES string of the molecule is Cc1ncnc(C(O)N2CC[C@@]3(CCc4c3c(=O)n3nc(-c5ccc(N6CCN(C7COC7)CC6)cc5)nc3n4CC(=O)Nc3ccc(C(F)(F)F)cc3Cl)[C@@H]3C[C@@H]32)c1O. The third-order valence-electron chi connectivity index (χ3n) is 13.3. The lowest BCUT2D eigenvalue weighted by Gasteiger charge is -2.43. The number of hydrogen-bond donors (Lipinski definition) is 3. The Labute approximate surface area is 346 Å². The smallest absolute Gasteiger partial charge is 0.416 e. The molecular weight excluding hydrogens is 805 g/mol. The Hall–Kier alpha value is -5.14. The molecule has 0 bridgehead atoms. The maximum atomic E-state index is 14.8. The predicted octanol–water partition coefficient (Wildman–Crippen LogP) is 4.16. The van der Waals surface area contributed by atoms with Gasteiger partial charge in [0.25, 0.3) is 5.56 Å². The molecule has 3 N–H and O–H groups in total. The molecule has 1 amide bonds. The van der Waals surface area contributed by atoms with Crippen molar-refractivity contribution in [3.63, 3.8) is 0 Å². The number of amides is 1. The van der Waals surface area contributed by atoms with E-state index in [1.807, 2.05) is 29.2 Å². The number of rotatable bonds is 8. The van der Waals surface area contributed by atoms with Gasteiger partial charge in [-0.1, -0.05) is 11.6 Å². The quantitative estimate of drug-likeness (QED) is 0.205. The summed E-state index contributed by atoms with van der Waals surface area (Å²) in [4.78, 5) is 48.3. The molecule has 19 heteroatoms. The van der Waals surface area contributed by atoms with Crippen LogP contribution in [0.5, 0.6) is 5.75 Å². The summed E-state index contributed by atoms with van der Waals surface area (Å²) in [6, 6.07) is 11.0. The van der Waals surface area contributed by atoms with Crippen LogP contribution in [0, 0.1) is 12.8 Å². The van der Waals surface area contributed by atoms with Crippen LogP contribution in [0.25, 0.3) is 17.2 Å². The molecule has 3 saturated heterocycles. The summed E-state index contributed by atoms with van der Waals surface area (Å²) < 4.78 is 48.4. The number of aliphatic hydroxyl groups is 1. The lowest BCUT2D eigenvalue weighted by Crippen LogP contribution is -2.56. The number of fused-ring (bicyclic) bond motifs is 5. The van der Waals surface area contributed by atoms with Crippen LogP contribution in [0.2, 0.25) is 5.02 Å². The fraction of sp³-hybridized carbons (Fsp3) is 0.463. The molecule has 1 spiro atoms. The van der Waals surface area contributed by atoms with Gasteiger partial charge in [-0.2, -0.15) is 22.7 Å². The Morgan fingerprint density at radius 1 is 1.07 bits per heavy atom. The van der Waals surface area contributed by atoms with E-state index in [-0.39, 0.29) is 52.0 Å². The number of likely N-dealkylation sites (tertiary alicyclic amines) is 1. The molecule has 4 fully saturated rings. The van der Waals surface area contributed by atoms with Gasteiger partial charge in [-0.25, -0.2) is 9.97 Å². The third-order valence-corrected chi connectivity index (χ3v) is 13.6. The molecule has 5 aromatic rings. The van der Waals surface area contributed by atoms with Crippen LogP contribution < -0.4 is 15.8 Å². The second-order valence-electron chi connectivity index (χ2n) is 16.5. The van der Waals surface area contributed by atoms with Gasteiger partial charge in [0.1, 0.15) is 18.6 Å². The molecule has 60 heavy (non-hydrogen) atoms. The highest BCUT2D eigenvalue weighted by Crippen LogP contribution is 2.61. The van der Waals surface area contributed by atoms with Gasteiger partial charge in [-0.15, -0.1) is 5.10 Å². The summed E-state index contributed by atoms with van der Waals surface area (Å²) in [7, 11) is 0. The van der Waals surface area contributed by atoms with Crippen molar-refractivity contribution in [3.8, 4) is 17.1 Å². The van der Waals surface area contributed by atoms with Crippen LogP contribution >= 0.6 is 11.6 Å². The number of ether oxygens (including phenoxy) is 1. The van der Waals surface area contributed by atoms with Gasteiger partial charge in [0, 0.05) is 66.7 Å². The molecule has 0 radical (unpaired) electrons. The van der Waals surface area contributed by atoms with E-state index in [2.05, 4.69) is 25.1 Å². The number of nitrogens with one attached hydrogen (secondary N) is 1. The zero-order chi connectivity index (χ0) is 41.7. The van der Waals surface area contributed by atoms with E-state index in [1.54, 1.807) is 11.5 Å². The molecule has 2 aliphatic carbocycles. The van der Waals surface area contributed by atoms with Gasteiger partial charge in [0.2, 0.25) is 11.7 Å². The van der Waals surface area contributed by atoms with E-state index >= 15 is 0 Å². The highest BCUT2D eigenvalue weighted by molar-refractivity contribution is 6.33.